The lowest BCUT2D eigenvalue weighted by molar-refractivity contribution is -0.384. The SMILES string of the molecule is O=C1NC(=O)C2(Cc3cc([N+](=O)[O-])ccc3N3CCN(c4ccccc4)C[C@@H]32)C(=O)N1. The number of nitro benzene ring substituents is 1. The molecule has 5 rings (SSSR count). The van der Waals surface area contributed by atoms with Gasteiger partial charge in [0, 0.05) is 49.6 Å². The molecule has 31 heavy (non-hydrogen) atoms. The van der Waals surface area contributed by atoms with Gasteiger partial charge in [0.05, 0.1) is 11.0 Å². The number of imide groups is 2. The summed E-state index contributed by atoms with van der Waals surface area (Å²) in [4.78, 5) is 52.9. The minimum atomic E-state index is -1.58. The quantitative estimate of drug-likeness (QED) is 0.424. The number of nitro groups is 1. The molecule has 0 aromatic heterocycles. The second kappa shape index (κ2) is 6.79. The van der Waals surface area contributed by atoms with Crippen LogP contribution in [0.2, 0.25) is 0 Å². The number of benzene rings is 2. The van der Waals surface area contributed by atoms with Crippen LogP contribution in [0.4, 0.5) is 21.9 Å². The van der Waals surface area contributed by atoms with Crippen molar-refractivity contribution in [1.29, 1.82) is 0 Å². The van der Waals surface area contributed by atoms with Gasteiger partial charge >= 0.3 is 6.03 Å². The molecule has 3 aliphatic heterocycles. The highest BCUT2D eigenvalue weighted by atomic mass is 16.6. The maximum atomic E-state index is 13.1. The molecule has 10 heteroatoms. The Morgan fingerprint density at radius 2 is 1.71 bits per heavy atom. The summed E-state index contributed by atoms with van der Waals surface area (Å²) >= 11 is 0. The second-order valence-electron chi connectivity index (χ2n) is 7.95. The molecule has 2 fully saturated rings. The minimum absolute atomic E-state index is 0.0290. The van der Waals surface area contributed by atoms with E-state index < -0.39 is 34.2 Å². The van der Waals surface area contributed by atoms with E-state index in [0.717, 1.165) is 11.4 Å². The number of anilines is 2. The summed E-state index contributed by atoms with van der Waals surface area (Å²) in [6, 6.07) is 12.8. The zero-order valence-electron chi connectivity index (χ0n) is 16.4. The Balaban J connectivity index is 1.63. The predicted molar refractivity (Wildman–Crippen MR) is 111 cm³/mol. The van der Waals surface area contributed by atoms with Crippen LogP contribution in [-0.2, 0) is 16.0 Å². The molecule has 0 bridgehead atoms. The zero-order chi connectivity index (χ0) is 21.8. The van der Waals surface area contributed by atoms with Crippen molar-refractivity contribution >= 4 is 34.9 Å². The molecule has 0 radical (unpaired) electrons. The van der Waals surface area contributed by atoms with Gasteiger partial charge in [0.15, 0.2) is 5.41 Å². The van der Waals surface area contributed by atoms with E-state index in [1.54, 1.807) is 6.07 Å². The summed E-state index contributed by atoms with van der Waals surface area (Å²) in [5, 5.41) is 15.8. The molecule has 2 saturated heterocycles. The van der Waals surface area contributed by atoms with Crippen molar-refractivity contribution < 1.29 is 19.3 Å². The highest BCUT2D eigenvalue weighted by Crippen LogP contribution is 2.45. The lowest BCUT2D eigenvalue weighted by atomic mass is 9.68. The summed E-state index contributed by atoms with van der Waals surface area (Å²) in [6.45, 7) is 1.55. The number of hydrogen-bond donors (Lipinski definition) is 2. The van der Waals surface area contributed by atoms with E-state index in [9.17, 15) is 24.5 Å². The topological polar surface area (TPSA) is 125 Å². The van der Waals surface area contributed by atoms with Gasteiger partial charge in [-0.2, -0.15) is 0 Å². The van der Waals surface area contributed by atoms with Gasteiger partial charge in [-0.1, -0.05) is 18.2 Å². The van der Waals surface area contributed by atoms with E-state index in [1.807, 2.05) is 35.2 Å². The number of non-ortho nitro benzene ring substituents is 1. The van der Waals surface area contributed by atoms with Crippen molar-refractivity contribution in [2.75, 3.05) is 29.4 Å². The number of urea groups is 1. The largest absolute Gasteiger partial charge is 0.368 e. The highest BCUT2D eigenvalue weighted by molar-refractivity contribution is 6.20. The third-order valence-corrected chi connectivity index (χ3v) is 6.39. The summed E-state index contributed by atoms with van der Waals surface area (Å²) < 4.78 is 0. The van der Waals surface area contributed by atoms with E-state index in [4.69, 9.17) is 0 Å². The number of piperazine rings is 1. The molecule has 2 aromatic rings. The maximum absolute atomic E-state index is 13.1. The van der Waals surface area contributed by atoms with Crippen LogP contribution in [-0.4, -0.2) is 48.4 Å². The van der Waals surface area contributed by atoms with Gasteiger partial charge in [-0.25, -0.2) is 4.79 Å². The molecule has 2 N–H and O–H groups in total. The number of hydrogen-bond acceptors (Lipinski definition) is 7. The second-order valence-corrected chi connectivity index (χ2v) is 7.95. The zero-order valence-corrected chi connectivity index (χ0v) is 16.4. The van der Waals surface area contributed by atoms with E-state index in [1.165, 1.54) is 12.1 Å². The minimum Gasteiger partial charge on any atom is -0.368 e. The Labute approximate surface area is 177 Å². The molecular formula is C21H19N5O5. The van der Waals surface area contributed by atoms with Crippen molar-refractivity contribution in [3.63, 3.8) is 0 Å². The molecule has 3 aliphatic rings. The lowest BCUT2D eigenvalue weighted by Crippen LogP contribution is -2.74. The van der Waals surface area contributed by atoms with Crippen LogP contribution in [0.25, 0.3) is 0 Å². The fourth-order valence-corrected chi connectivity index (χ4v) is 4.92. The summed E-state index contributed by atoms with van der Waals surface area (Å²) in [6.07, 6.45) is -0.0290. The molecule has 2 aromatic carbocycles. The van der Waals surface area contributed by atoms with Crippen LogP contribution >= 0.6 is 0 Å². The lowest BCUT2D eigenvalue weighted by Gasteiger charge is -2.54. The van der Waals surface area contributed by atoms with Crippen LogP contribution in [0.1, 0.15) is 5.56 Å². The Hall–Kier alpha value is -3.95. The Kier molecular flexibility index (Phi) is 4.17. The molecule has 1 spiro atoms. The number of carbonyl (C=O) groups excluding carboxylic acids is 3. The summed E-state index contributed by atoms with van der Waals surface area (Å²) in [5.41, 5.74) is 0.594. The van der Waals surface area contributed by atoms with E-state index in [2.05, 4.69) is 15.5 Å². The van der Waals surface area contributed by atoms with Gasteiger partial charge in [0.25, 0.3) is 5.69 Å². The fraction of sp³-hybridized carbons (Fsp3) is 0.286. The molecule has 158 valence electrons. The van der Waals surface area contributed by atoms with Crippen LogP contribution < -0.4 is 20.4 Å². The molecule has 4 amide bonds. The molecule has 3 heterocycles. The third kappa shape index (κ3) is 2.82. The first-order valence-corrected chi connectivity index (χ1v) is 9.91. The molecule has 1 atom stereocenters. The fourth-order valence-electron chi connectivity index (χ4n) is 4.92. The van der Waals surface area contributed by atoms with Crippen LogP contribution in [0.3, 0.4) is 0 Å². The van der Waals surface area contributed by atoms with Gasteiger partial charge in [-0.3, -0.25) is 30.3 Å². The number of barbiturate groups is 1. The van der Waals surface area contributed by atoms with E-state index in [-0.39, 0.29) is 12.1 Å². The van der Waals surface area contributed by atoms with E-state index in [0.29, 0.717) is 25.2 Å². The molecule has 10 nitrogen and oxygen atoms in total. The van der Waals surface area contributed by atoms with Crippen LogP contribution in [0.5, 0.6) is 0 Å². The number of nitrogens with zero attached hydrogens (tertiary/aromatic N) is 3. The van der Waals surface area contributed by atoms with Crippen LogP contribution in [0, 0.1) is 15.5 Å². The van der Waals surface area contributed by atoms with Gasteiger partial charge in [0.2, 0.25) is 11.8 Å². The first-order valence-electron chi connectivity index (χ1n) is 9.91. The average Bonchev–Trinajstić information content (AvgIpc) is 2.77. The number of amides is 4. The smallest absolute Gasteiger partial charge is 0.328 e. The Bertz CT molecular complexity index is 1100. The monoisotopic (exact) mass is 421 g/mol. The van der Waals surface area contributed by atoms with Crippen molar-refractivity contribution in [2.24, 2.45) is 5.41 Å². The molecule has 0 saturated carbocycles. The van der Waals surface area contributed by atoms with Gasteiger partial charge < -0.3 is 9.80 Å². The summed E-state index contributed by atoms with van der Waals surface area (Å²) in [7, 11) is 0. The predicted octanol–water partition coefficient (Wildman–Crippen LogP) is 1.20. The average molecular weight is 421 g/mol. The third-order valence-electron chi connectivity index (χ3n) is 6.39. The van der Waals surface area contributed by atoms with Crippen LogP contribution in [0.15, 0.2) is 48.5 Å². The summed E-state index contributed by atoms with van der Waals surface area (Å²) in [5.74, 6) is -1.35. The first kappa shape index (κ1) is 19.0. The standard InChI is InChI=1S/C21H19N5O5/c27-18-21(19(28)23-20(29)22-18)11-13-10-15(26(30)31)6-7-16(13)25-9-8-24(12-17(21)25)14-4-2-1-3-5-14/h1-7,10,17H,8-9,11-12H2,(H2,22,23,27,28,29)/t17-/m1/s1. The highest BCUT2D eigenvalue weighted by Gasteiger charge is 2.61. The van der Waals surface area contributed by atoms with Crippen molar-refractivity contribution in [2.45, 2.75) is 12.5 Å². The van der Waals surface area contributed by atoms with Gasteiger partial charge in [0.1, 0.15) is 0 Å². The number of nitrogens with one attached hydrogen (secondary N) is 2. The normalized spacial score (nSPS) is 21.8. The first-order chi connectivity index (χ1) is 14.9. The number of carbonyl (C=O) groups is 3. The Morgan fingerprint density at radius 1 is 1.00 bits per heavy atom. The van der Waals surface area contributed by atoms with E-state index >= 15 is 0 Å². The molecule has 0 aliphatic carbocycles. The number of fused-ring (bicyclic) bond motifs is 4. The van der Waals surface area contributed by atoms with Gasteiger partial charge in [-0.05, 0) is 23.8 Å². The van der Waals surface area contributed by atoms with Crippen molar-refractivity contribution in [3.8, 4) is 0 Å². The maximum Gasteiger partial charge on any atom is 0.328 e. The number of para-hydroxylation sites is 1. The van der Waals surface area contributed by atoms with Crippen molar-refractivity contribution in [1.82, 2.24) is 10.6 Å². The Morgan fingerprint density at radius 3 is 2.39 bits per heavy atom. The van der Waals surface area contributed by atoms with Crippen molar-refractivity contribution in [3.05, 3.63) is 64.2 Å². The molecule has 0 unspecified atom stereocenters. The van der Waals surface area contributed by atoms with Gasteiger partial charge in [-0.15, -0.1) is 0 Å². The molecular weight excluding hydrogens is 402 g/mol. The number of rotatable bonds is 2.